The van der Waals surface area contributed by atoms with Crippen LogP contribution >= 0.6 is 0 Å². The van der Waals surface area contributed by atoms with Gasteiger partial charge in [0.05, 0.1) is 11.7 Å². The molecule has 6 heteroatoms. The van der Waals surface area contributed by atoms with Gasteiger partial charge >= 0.3 is 12.2 Å². The molecule has 1 fully saturated rings. The summed E-state index contributed by atoms with van der Waals surface area (Å²) in [4.78, 5) is 25.5. The van der Waals surface area contributed by atoms with Crippen LogP contribution in [-0.2, 0) is 0 Å². The first-order chi connectivity index (χ1) is 9.50. The van der Waals surface area contributed by atoms with Gasteiger partial charge in [0.25, 0.3) is 0 Å². The molecule has 1 aromatic rings. The van der Waals surface area contributed by atoms with E-state index in [-0.39, 0.29) is 12.0 Å². The highest BCUT2D eigenvalue weighted by Gasteiger charge is 2.46. The molecule has 20 heavy (non-hydrogen) atoms. The number of rotatable bonds is 0. The SMILES string of the molecule is Cc1cccc2c1N(C(=O)O)[C@H]1CCN(C(=O)O)C[C@@H]21. The van der Waals surface area contributed by atoms with Crippen LogP contribution in [0.15, 0.2) is 18.2 Å². The van der Waals surface area contributed by atoms with E-state index in [0.717, 1.165) is 16.8 Å². The van der Waals surface area contributed by atoms with Crippen molar-refractivity contribution in [2.24, 2.45) is 0 Å². The zero-order valence-electron chi connectivity index (χ0n) is 11.1. The molecule has 6 nitrogen and oxygen atoms in total. The van der Waals surface area contributed by atoms with E-state index < -0.39 is 12.2 Å². The number of hydrogen-bond donors (Lipinski definition) is 2. The van der Waals surface area contributed by atoms with Gasteiger partial charge in [0.1, 0.15) is 0 Å². The second kappa shape index (κ2) is 4.40. The number of fused-ring (bicyclic) bond motifs is 3. The fourth-order valence-electron chi connectivity index (χ4n) is 3.44. The van der Waals surface area contributed by atoms with Crippen LogP contribution in [0.2, 0.25) is 0 Å². The molecule has 3 rings (SSSR count). The Bertz CT molecular complexity index is 587. The average molecular weight is 276 g/mol. The lowest BCUT2D eigenvalue weighted by Gasteiger charge is -2.35. The summed E-state index contributed by atoms with van der Waals surface area (Å²) in [5, 5.41) is 18.6. The van der Waals surface area contributed by atoms with Crippen LogP contribution in [0, 0.1) is 6.92 Å². The van der Waals surface area contributed by atoms with Crippen LogP contribution in [0.1, 0.15) is 23.5 Å². The van der Waals surface area contributed by atoms with Gasteiger partial charge in [-0.3, -0.25) is 4.90 Å². The number of anilines is 1. The van der Waals surface area contributed by atoms with Crippen LogP contribution in [0.3, 0.4) is 0 Å². The van der Waals surface area contributed by atoms with E-state index in [4.69, 9.17) is 5.11 Å². The Kier molecular flexibility index (Phi) is 2.81. The Hall–Kier alpha value is -2.24. The topological polar surface area (TPSA) is 81.1 Å². The largest absolute Gasteiger partial charge is 0.465 e. The van der Waals surface area contributed by atoms with Crippen molar-refractivity contribution in [2.75, 3.05) is 18.0 Å². The first-order valence-corrected chi connectivity index (χ1v) is 6.60. The number of piperidine rings is 1. The number of nitrogens with zero attached hydrogens (tertiary/aromatic N) is 2. The number of para-hydroxylation sites is 1. The summed E-state index contributed by atoms with van der Waals surface area (Å²) in [6.45, 7) is 2.63. The third kappa shape index (κ3) is 1.71. The van der Waals surface area contributed by atoms with Crippen molar-refractivity contribution in [1.29, 1.82) is 0 Å². The summed E-state index contributed by atoms with van der Waals surface area (Å²) in [5.41, 5.74) is 2.60. The first kappa shape index (κ1) is 12.8. The minimum atomic E-state index is -0.961. The zero-order valence-corrected chi connectivity index (χ0v) is 11.1. The molecule has 0 saturated carbocycles. The van der Waals surface area contributed by atoms with Crippen molar-refractivity contribution in [3.63, 3.8) is 0 Å². The summed E-state index contributed by atoms with van der Waals surface area (Å²) in [6, 6.07) is 5.55. The van der Waals surface area contributed by atoms with E-state index in [1.54, 1.807) is 0 Å². The molecule has 2 aliphatic rings. The lowest BCUT2D eigenvalue weighted by Crippen LogP contribution is -2.49. The van der Waals surface area contributed by atoms with E-state index in [2.05, 4.69) is 0 Å². The smallest absolute Gasteiger partial charge is 0.412 e. The molecule has 1 aromatic carbocycles. The van der Waals surface area contributed by atoms with E-state index >= 15 is 0 Å². The molecule has 2 aliphatic heterocycles. The Morgan fingerprint density at radius 1 is 1.25 bits per heavy atom. The fourth-order valence-corrected chi connectivity index (χ4v) is 3.44. The molecule has 0 aromatic heterocycles. The van der Waals surface area contributed by atoms with E-state index in [0.29, 0.717) is 19.5 Å². The number of carboxylic acid groups (broad SMARTS) is 2. The van der Waals surface area contributed by atoms with Crippen LogP contribution in [0.5, 0.6) is 0 Å². The molecule has 2 heterocycles. The van der Waals surface area contributed by atoms with Crippen molar-refractivity contribution in [3.8, 4) is 0 Å². The average Bonchev–Trinajstić information content (AvgIpc) is 2.74. The monoisotopic (exact) mass is 276 g/mol. The van der Waals surface area contributed by atoms with Gasteiger partial charge in [-0.1, -0.05) is 18.2 Å². The molecule has 2 atom stereocenters. The standard InChI is InChI=1S/C14H16N2O4/c1-8-3-2-4-9-10-7-15(13(17)18)6-5-11(10)16(12(8)9)14(19)20/h2-4,10-11H,5-7H2,1H3,(H,17,18)(H,19,20)/t10-,11-/m0/s1. The van der Waals surface area contributed by atoms with Gasteiger partial charge in [0.15, 0.2) is 0 Å². The van der Waals surface area contributed by atoms with Crippen LogP contribution in [-0.4, -0.2) is 46.4 Å². The lowest BCUT2D eigenvalue weighted by atomic mass is 9.89. The Balaban J connectivity index is 2.05. The van der Waals surface area contributed by atoms with Crippen molar-refractivity contribution < 1.29 is 19.8 Å². The molecular weight excluding hydrogens is 260 g/mol. The highest BCUT2D eigenvalue weighted by Crippen LogP contribution is 2.46. The third-order valence-corrected chi connectivity index (χ3v) is 4.29. The summed E-state index contributed by atoms with van der Waals surface area (Å²) >= 11 is 0. The number of benzene rings is 1. The van der Waals surface area contributed by atoms with E-state index in [1.807, 2.05) is 25.1 Å². The molecule has 2 amide bonds. The molecule has 106 valence electrons. The normalized spacial score (nSPS) is 24.2. The highest BCUT2D eigenvalue weighted by molar-refractivity contribution is 5.92. The van der Waals surface area contributed by atoms with Gasteiger partial charge in [0.2, 0.25) is 0 Å². The van der Waals surface area contributed by atoms with Gasteiger partial charge in [-0.25, -0.2) is 9.59 Å². The predicted molar refractivity (Wildman–Crippen MR) is 72.4 cm³/mol. The number of aryl methyl sites for hydroxylation is 1. The van der Waals surface area contributed by atoms with Gasteiger partial charge in [-0.2, -0.15) is 0 Å². The summed E-state index contributed by atoms with van der Waals surface area (Å²) < 4.78 is 0. The Morgan fingerprint density at radius 3 is 2.65 bits per heavy atom. The van der Waals surface area contributed by atoms with E-state index in [1.165, 1.54) is 9.80 Å². The second-order valence-electron chi connectivity index (χ2n) is 5.36. The first-order valence-electron chi connectivity index (χ1n) is 6.60. The van der Waals surface area contributed by atoms with Gasteiger partial charge in [-0.15, -0.1) is 0 Å². The Morgan fingerprint density at radius 2 is 2.00 bits per heavy atom. The van der Waals surface area contributed by atoms with Crippen molar-refractivity contribution in [1.82, 2.24) is 4.90 Å². The van der Waals surface area contributed by atoms with Crippen LogP contribution in [0.25, 0.3) is 0 Å². The number of likely N-dealkylation sites (tertiary alicyclic amines) is 1. The highest BCUT2D eigenvalue weighted by atomic mass is 16.4. The van der Waals surface area contributed by atoms with E-state index in [9.17, 15) is 14.7 Å². The summed E-state index contributed by atoms with van der Waals surface area (Å²) in [5.74, 6) is -0.0640. The maximum absolute atomic E-state index is 11.6. The Labute approximate surface area is 116 Å². The predicted octanol–water partition coefficient (Wildman–Crippen LogP) is 2.33. The summed E-state index contributed by atoms with van der Waals surface area (Å²) in [6.07, 6.45) is -1.36. The van der Waals surface area contributed by atoms with Gasteiger partial charge < -0.3 is 15.1 Å². The van der Waals surface area contributed by atoms with Gasteiger partial charge in [0, 0.05) is 19.0 Å². The maximum atomic E-state index is 11.6. The minimum Gasteiger partial charge on any atom is -0.465 e. The zero-order chi connectivity index (χ0) is 14.4. The number of hydrogen-bond acceptors (Lipinski definition) is 2. The fraction of sp³-hybridized carbons (Fsp3) is 0.429. The van der Waals surface area contributed by atoms with Crippen LogP contribution < -0.4 is 4.90 Å². The number of amides is 2. The quantitative estimate of drug-likeness (QED) is 0.762. The van der Waals surface area contributed by atoms with Crippen molar-refractivity contribution in [3.05, 3.63) is 29.3 Å². The van der Waals surface area contributed by atoms with Crippen molar-refractivity contribution in [2.45, 2.75) is 25.3 Å². The maximum Gasteiger partial charge on any atom is 0.412 e. The molecule has 1 saturated heterocycles. The molecule has 0 bridgehead atoms. The molecule has 2 N–H and O–H groups in total. The van der Waals surface area contributed by atoms with Gasteiger partial charge in [-0.05, 0) is 24.5 Å². The van der Waals surface area contributed by atoms with Crippen molar-refractivity contribution >= 4 is 17.9 Å². The molecule has 0 radical (unpaired) electrons. The molecule has 0 aliphatic carbocycles. The minimum absolute atomic E-state index is 0.0640. The molecule has 0 spiro atoms. The second-order valence-corrected chi connectivity index (χ2v) is 5.36. The third-order valence-electron chi connectivity index (χ3n) is 4.29. The van der Waals surface area contributed by atoms with Crippen LogP contribution in [0.4, 0.5) is 15.3 Å². The molecule has 0 unspecified atom stereocenters. The molecular formula is C14H16N2O4. The summed E-state index contributed by atoms with van der Waals surface area (Å²) in [7, 11) is 0. The number of carbonyl (C=O) groups is 2. The lowest BCUT2D eigenvalue weighted by molar-refractivity contribution is 0.126.